The fourth-order valence-corrected chi connectivity index (χ4v) is 6.48. The summed E-state index contributed by atoms with van der Waals surface area (Å²) in [6.45, 7) is 6.15. The van der Waals surface area contributed by atoms with Crippen LogP contribution in [0.2, 0.25) is 0 Å². The van der Waals surface area contributed by atoms with Crippen LogP contribution in [-0.2, 0) is 15.7 Å². The average Bonchev–Trinajstić information content (AvgIpc) is 3.18. The summed E-state index contributed by atoms with van der Waals surface area (Å²) in [5.41, 5.74) is 5.14. The quantitative estimate of drug-likeness (QED) is 0.419. The SMILES string of the molecule is CCc1nc(-c2cccc(C)c2)c(-c2ccnc(S(C)(N)(=O)c3cccc(C)c3)c2)s1. The normalized spacial score (nSPS) is 13.0. The summed E-state index contributed by atoms with van der Waals surface area (Å²) in [4.78, 5) is 11.0. The first-order chi connectivity index (χ1) is 14.7. The molecule has 160 valence electrons. The first-order valence-corrected chi connectivity index (χ1v) is 13.5. The molecule has 0 saturated carbocycles. The van der Waals surface area contributed by atoms with Crippen LogP contribution in [0.3, 0.4) is 0 Å². The summed E-state index contributed by atoms with van der Waals surface area (Å²) in [6.07, 6.45) is 4.15. The van der Waals surface area contributed by atoms with Crippen LogP contribution < -0.4 is 5.14 Å². The summed E-state index contributed by atoms with van der Waals surface area (Å²) in [5.74, 6) is 0. The Labute approximate surface area is 187 Å². The summed E-state index contributed by atoms with van der Waals surface area (Å²) in [5, 5.41) is 8.05. The molecule has 4 rings (SSSR count). The molecule has 0 unspecified atom stereocenters. The second kappa shape index (κ2) is 7.79. The Morgan fingerprint density at radius 2 is 1.68 bits per heavy atom. The first-order valence-electron chi connectivity index (χ1n) is 10.2. The molecular weight excluding hydrogens is 422 g/mol. The van der Waals surface area contributed by atoms with Crippen LogP contribution in [-0.4, -0.2) is 20.4 Å². The smallest absolute Gasteiger partial charge is 0.122 e. The topological polar surface area (TPSA) is 68.9 Å². The van der Waals surface area contributed by atoms with Gasteiger partial charge in [-0.3, -0.25) is 9.35 Å². The van der Waals surface area contributed by atoms with Crippen molar-refractivity contribution in [2.75, 3.05) is 6.26 Å². The lowest BCUT2D eigenvalue weighted by Crippen LogP contribution is -2.42. The van der Waals surface area contributed by atoms with E-state index < -0.39 is 9.25 Å². The molecule has 0 aliphatic carbocycles. The second-order valence-electron chi connectivity index (χ2n) is 8.12. The third-order valence-electron chi connectivity index (χ3n) is 5.36. The molecule has 2 N–H and O–H groups in total. The maximum absolute atomic E-state index is 14.1. The minimum absolute atomic E-state index is 0.391. The molecule has 2 aromatic carbocycles. The van der Waals surface area contributed by atoms with Crippen molar-refractivity contribution in [3.05, 3.63) is 83.0 Å². The molecular formula is C25H27N3OS2. The van der Waals surface area contributed by atoms with Crippen molar-refractivity contribution in [2.45, 2.75) is 37.1 Å². The van der Waals surface area contributed by atoms with Gasteiger partial charge in [0.1, 0.15) is 5.03 Å². The van der Waals surface area contributed by atoms with E-state index in [9.17, 15) is 4.21 Å². The molecule has 0 amide bonds. The minimum atomic E-state index is -3.83. The zero-order chi connectivity index (χ0) is 22.2. The molecule has 0 fully saturated rings. The van der Waals surface area contributed by atoms with Crippen molar-refractivity contribution in [3.8, 4) is 21.7 Å². The molecule has 2 aromatic heterocycles. The largest absolute Gasteiger partial charge is 0.263 e. The minimum Gasteiger partial charge on any atom is -0.263 e. The highest BCUT2D eigenvalue weighted by Gasteiger charge is 2.33. The van der Waals surface area contributed by atoms with Crippen LogP contribution in [0, 0.1) is 13.8 Å². The van der Waals surface area contributed by atoms with E-state index in [-0.39, 0.29) is 0 Å². The molecule has 0 spiro atoms. The lowest BCUT2D eigenvalue weighted by Gasteiger charge is -2.34. The van der Waals surface area contributed by atoms with Gasteiger partial charge in [0, 0.05) is 32.2 Å². The van der Waals surface area contributed by atoms with Gasteiger partial charge >= 0.3 is 0 Å². The predicted octanol–water partition coefficient (Wildman–Crippen LogP) is 5.79. The Balaban J connectivity index is 1.88. The molecule has 0 atom stereocenters. The van der Waals surface area contributed by atoms with E-state index in [1.54, 1.807) is 23.8 Å². The molecule has 0 bridgehead atoms. The van der Waals surface area contributed by atoms with Gasteiger partial charge in [-0.1, -0.05) is 42.8 Å². The molecule has 0 aliphatic rings. The highest BCUT2D eigenvalue weighted by molar-refractivity contribution is 8.17. The number of aryl methyl sites for hydroxylation is 3. The van der Waals surface area contributed by atoms with Gasteiger partial charge in [-0.15, -0.1) is 11.3 Å². The summed E-state index contributed by atoms with van der Waals surface area (Å²) < 4.78 is 14.1. The van der Waals surface area contributed by atoms with Gasteiger partial charge in [0.05, 0.1) is 15.6 Å². The maximum Gasteiger partial charge on any atom is 0.122 e. The first kappa shape index (κ1) is 21.6. The second-order valence-corrected chi connectivity index (χ2v) is 12.9. The van der Waals surface area contributed by atoms with E-state index in [2.05, 4.69) is 37.0 Å². The number of benzene rings is 2. The number of thiazole rings is 1. The van der Waals surface area contributed by atoms with Crippen LogP contribution in [0.5, 0.6) is 0 Å². The van der Waals surface area contributed by atoms with Gasteiger partial charge in [0.2, 0.25) is 0 Å². The molecule has 4 nitrogen and oxygen atoms in total. The molecule has 2 heterocycles. The number of hydrogen-bond donors (Lipinski definition) is 1. The van der Waals surface area contributed by atoms with Gasteiger partial charge in [-0.2, -0.15) is 0 Å². The van der Waals surface area contributed by atoms with E-state index in [1.165, 1.54) is 5.56 Å². The van der Waals surface area contributed by atoms with E-state index in [0.717, 1.165) is 38.7 Å². The maximum atomic E-state index is 14.1. The standard InChI is InChI=1S/C25H27N3OS2/c1-5-22-28-24(19-10-6-8-17(2)14-19)25(30-22)20-12-13-27-23(16-20)31(4,26,29)21-11-7-9-18(3)15-21/h6-16H,5H2,1-4H3,(H2,26,29). The Morgan fingerprint density at radius 3 is 2.35 bits per heavy atom. The van der Waals surface area contributed by atoms with Gasteiger partial charge in [0.15, 0.2) is 0 Å². The van der Waals surface area contributed by atoms with Gasteiger partial charge < -0.3 is 0 Å². The van der Waals surface area contributed by atoms with Crippen molar-refractivity contribution in [1.82, 2.24) is 9.97 Å². The number of pyridine rings is 1. The van der Waals surface area contributed by atoms with Crippen molar-refractivity contribution in [3.63, 3.8) is 0 Å². The van der Waals surface area contributed by atoms with Gasteiger partial charge in [0.25, 0.3) is 0 Å². The average molecular weight is 450 g/mol. The van der Waals surface area contributed by atoms with Crippen LogP contribution in [0.25, 0.3) is 21.7 Å². The third-order valence-corrected chi connectivity index (χ3v) is 9.30. The van der Waals surface area contributed by atoms with Crippen LogP contribution in [0.1, 0.15) is 23.1 Å². The Hall–Kier alpha value is -2.67. The van der Waals surface area contributed by atoms with Crippen molar-refractivity contribution >= 4 is 20.6 Å². The van der Waals surface area contributed by atoms with E-state index in [1.807, 2.05) is 49.4 Å². The highest BCUT2D eigenvalue weighted by Crippen LogP contribution is 2.40. The van der Waals surface area contributed by atoms with Crippen LogP contribution >= 0.6 is 11.3 Å². The fraction of sp³-hybridized carbons (Fsp3) is 0.200. The highest BCUT2D eigenvalue weighted by atomic mass is 32.3. The zero-order valence-corrected chi connectivity index (χ0v) is 19.9. The number of rotatable bonds is 5. The number of hydrogen-bond acceptors (Lipinski definition) is 4. The summed E-state index contributed by atoms with van der Waals surface area (Å²) in [7, 11) is -3.83. The number of nitrogens with two attached hydrogens (primary N) is 1. The Morgan fingerprint density at radius 1 is 0.968 bits per heavy atom. The van der Waals surface area contributed by atoms with Crippen LogP contribution in [0.4, 0.5) is 0 Å². The summed E-state index contributed by atoms with van der Waals surface area (Å²) >= 11 is 1.66. The molecule has 31 heavy (non-hydrogen) atoms. The monoisotopic (exact) mass is 449 g/mol. The zero-order valence-electron chi connectivity index (χ0n) is 18.3. The summed E-state index contributed by atoms with van der Waals surface area (Å²) in [6, 6.07) is 19.7. The lowest BCUT2D eigenvalue weighted by molar-refractivity contribution is 0.656. The fourth-order valence-electron chi connectivity index (χ4n) is 3.58. The number of aromatic nitrogens is 2. The van der Waals surface area contributed by atoms with Crippen molar-refractivity contribution in [1.29, 1.82) is 0 Å². The molecule has 6 heteroatoms. The van der Waals surface area contributed by atoms with E-state index >= 15 is 0 Å². The molecule has 0 saturated heterocycles. The third kappa shape index (κ3) is 4.11. The van der Waals surface area contributed by atoms with Gasteiger partial charge in [-0.05, 0) is 61.7 Å². The van der Waals surface area contributed by atoms with Gasteiger partial charge in [-0.25, -0.2) is 9.97 Å². The molecule has 0 aliphatic heterocycles. The lowest BCUT2D eigenvalue weighted by atomic mass is 10.1. The van der Waals surface area contributed by atoms with Crippen molar-refractivity contribution < 1.29 is 4.21 Å². The number of nitrogens with zero attached hydrogens (tertiary/aromatic N) is 2. The van der Waals surface area contributed by atoms with Crippen LogP contribution in [0.15, 0.2) is 76.8 Å². The molecule has 0 radical (unpaired) electrons. The molecule has 4 aromatic rings. The predicted molar refractivity (Wildman–Crippen MR) is 131 cm³/mol. The Bertz CT molecular complexity index is 1330. The van der Waals surface area contributed by atoms with E-state index in [4.69, 9.17) is 10.1 Å². The Kier molecular flexibility index (Phi) is 5.41. The van der Waals surface area contributed by atoms with Crippen molar-refractivity contribution in [2.24, 2.45) is 5.14 Å². The van der Waals surface area contributed by atoms with E-state index in [0.29, 0.717) is 9.92 Å².